The van der Waals surface area contributed by atoms with Gasteiger partial charge in [-0.05, 0) is 25.8 Å². The predicted molar refractivity (Wildman–Crippen MR) is 68.3 cm³/mol. The highest BCUT2D eigenvalue weighted by Crippen LogP contribution is 2.55. The number of aryl methyl sites for hydroxylation is 1. The van der Waals surface area contributed by atoms with Crippen molar-refractivity contribution in [3.05, 3.63) is 29.3 Å². The zero-order valence-corrected chi connectivity index (χ0v) is 11.0. The molecule has 1 aromatic carbocycles. The van der Waals surface area contributed by atoms with Crippen molar-refractivity contribution in [2.75, 3.05) is 14.2 Å². The highest BCUT2D eigenvalue weighted by molar-refractivity contribution is 5.81. The number of hydrogen-bond donors (Lipinski definition) is 1. The lowest BCUT2D eigenvalue weighted by Crippen LogP contribution is -2.31. The molecule has 0 saturated heterocycles. The lowest BCUT2D eigenvalue weighted by atomic mass is 9.89. The quantitative estimate of drug-likeness (QED) is 0.829. The van der Waals surface area contributed by atoms with E-state index in [0.717, 1.165) is 29.7 Å². The molecule has 0 aliphatic heterocycles. The van der Waals surface area contributed by atoms with Crippen LogP contribution in [0, 0.1) is 12.3 Å². The van der Waals surface area contributed by atoms with E-state index in [1.165, 1.54) is 7.11 Å². The van der Waals surface area contributed by atoms with Crippen LogP contribution >= 0.6 is 0 Å². The van der Waals surface area contributed by atoms with E-state index in [9.17, 15) is 4.79 Å². The maximum atomic E-state index is 11.9. The van der Waals surface area contributed by atoms with Crippen molar-refractivity contribution in [1.82, 2.24) is 0 Å². The smallest absolute Gasteiger partial charge is 0.313 e. The number of methoxy groups -OCH3 is 2. The number of rotatable bonds is 4. The summed E-state index contributed by atoms with van der Waals surface area (Å²) in [7, 11) is 3.02. The first-order chi connectivity index (χ1) is 8.55. The van der Waals surface area contributed by atoms with Crippen molar-refractivity contribution >= 4 is 5.97 Å². The number of nitrogens with two attached hydrogens (primary N) is 1. The van der Waals surface area contributed by atoms with Crippen LogP contribution in [0.15, 0.2) is 18.2 Å². The molecule has 1 aliphatic carbocycles. The number of carbonyl (C=O) groups is 1. The number of hydrogen-bond acceptors (Lipinski definition) is 4. The van der Waals surface area contributed by atoms with Crippen LogP contribution in [0.2, 0.25) is 0 Å². The topological polar surface area (TPSA) is 61.5 Å². The van der Waals surface area contributed by atoms with Crippen LogP contribution in [-0.4, -0.2) is 20.2 Å². The van der Waals surface area contributed by atoms with E-state index < -0.39 is 5.41 Å². The van der Waals surface area contributed by atoms with Gasteiger partial charge in [-0.2, -0.15) is 0 Å². The molecule has 0 bridgehead atoms. The van der Waals surface area contributed by atoms with Gasteiger partial charge in [-0.3, -0.25) is 4.79 Å². The van der Waals surface area contributed by atoms with Gasteiger partial charge < -0.3 is 15.2 Å². The van der Waals surface area contributed by atoms with Crippen LogP contribution in [0.25, 0.3) is 0 Å². The van der Waals surface area contributed by atoms with E-state index in [-0.39, 0.29) is 12.0 Å². The van der Waals surface area contributed by atoms with Gasteiger partial charge in [0.15, 0.2) is 0 Å². The average Bonchev–Trinajstić information content (AvgIpc) is 3.18. The minimum atomic E-state index is -0.560. The van der Waals surface area contributed by atoms with E-state index in [1.807, 2.05) is 25.1 Å². The van der Waals surface area contributed by atoms with E-state index in [1.54, 1.807) is 7.11 Å². The van der Waals surface area contributed by atoms with Gasteiger partial charge in [0.25, 0.3) is 0 Å². The number of ether oxygens (including phenoxy) is 2. The van der Waals surface area contributed by atoms with Crippen LogP contribution in [0.3, 0.4) is 0 Å². The first kappa shape index (κ1) is 12.9. The third-order valence-corrected chi connectivity index (χ3v) is 3.70. The monoisotopic (exact) mass is 249 g/mol. The Hall–Kier alpha value is -1.55. The molecular weight excluding hydrogens is 230 g/mol. The minimum Gasteiger partial charge on any atom is -0.496 e. The summed E-state index contributed by atoms with van der Waals surface area (Å²) >= 11 is 0. The Bertz CT molecular complexity index is 466. The normalized spacial score (nSPS) is 18.0. The van der Waals surface area contributed by atoms with Crippen molar-refractivity contribution in [3.8, 4) is 5.75 Å². The summed E-state index contributed by atoms with van der Waals surface area (Å²) in [6, 6.07) is 5.46. The molecule has 2 N–H and O–H groups in total. The Morgan fingerprint density at radius 3 is 2.56 bits per heavy atom. The lowest BCUT2D eigenvalue weighted by Gasteiger charge is -2.23. The van der Waals surface area contributed by atoms with Gasteiger partial charge in [-0.1, -0.05) is 17.7 Å². The number of benzene rings is 1. The summed E-state index contributed by atoms with van der Waals surface area (Å²) in [5.74, 6) is 0.502. The van der Waals surface area contributed by atoms with Gasteiger partial charge in [-0.25, -0.2) is 0 Å². The second-order valence-corrected chi connectivity index (χ2v) is 4.87. The largest absolute Gasteiger partial charge is 0.496 e. The van der Waals surface area contributed by atoms with E-state index in [0.29, 0.717) is 0 Å². The third-order valence-electron chi connectivity index (χ3n) is 3.70. The zero-order chi connectivity index (χ0) is 13.3. The molecule has 0 amide bonds. The van der Waals surface area contributed by atoms with Crippen LogP contribution in [0.5, 0.6) is 5.75 Å². The molecule has 1 atom stereocenters. The Kier molecular flexibility index (Phi) is 3.30. The minimum absolute atomic E-state index is 0.224. The van der Waals surface area contributed by atoms with E-state index in [4.69, 9.17) is 15.2 Å². The van der Waals surface area contributed by atoms with Crippen LogP contribution in [-0.2, 0) is 9.53 Å². The molecule has 0 aromatic heterocycles. The molecule has 1 saturated carbocycles. The fraction of sp³-hybridized carbons (Fsp3) is 0.500. The maximum Gasteiger partial charge on any atom is 0.313 e. The molecule has 2 rings (SSSR count). The molecule has 0 radical (unpaired) electrons. The fourth-order valence-electron chi connectivity index (χ4n) is 2.37. The van der Waals surface area contributed by atoms with Gasteiger partial charge in [-0.15, -0.1) is 0 Å². The molecule has 4 nitrogen and oxygen atoms in total. The van der Waals surface area contributed by atoms with Crippen molar-refractivity contribution < 1.29 is 14.3 Å². The summed E-state index contributed by atoms with van der Waals surface area (Å²) in [6.45, 7) is 1.99. The van der Waals surface area contributed by atoms with E-state index in [2.05, 4.69) is 0 Å². The molecule has 98 valence electrons. The predicted octanol–water partition coefficient (Wildman–Crippen LogP) is 1.96. The Morgan fingerprint density at radius 2 is 2.06 bits per heavy atom. The van der Waals surface area contributed by atoms with Crippen LogP contribution in [0.4, 0.5) is 0 Å². The van der Waals surface area contributed by atoms with Gasteiger partial charge in [0, 0.05) is 11.6 Å². The molecule has 4 heteroatoms. The average molecular weight is 249 g/mol. The standard InChI is InChI=1S/C14H19NO3/c1-9-4-5-11(17-2)10(8-9)12(15)14(6-7-14)13(16)18-3/h4-5,8,12H,6-7,15H2,1-3H3. The molecule has 0 heterocycles. The lowest BCUT2D eigenvalue weighted by molar-refractivity contribution is -0.148. The number of esters is 1. The van der Waals surface area contributed by atoms with E-state index >= 15 is 0 Å². The molecular formula is C14H19NO3. The van der Waals surface area contributed by atoms with Crippen molar-refractivity contribution in [2.45, 2.75) is 25.8 Å². The first-order valence-electron chi connectivity index (χ1n) is 6.03. The van der Waals surface area contributed by atoms with Gasteiger partial charge in [0.05, 0.1) is 19.6 Å². The van der Waals surface area contributed by atoms with Crippen molar-refractivity contribution in [1.29, 1.82) is 0 Å². The maximum absolute atomic E-state index is 11.9. The molecule has 1 fully saturated rings. The second-order valence-electron chi connectivity index (χ2n) is 4.87. The third kappa shape index (κ3) is 1.97. The fourth-order valence-corrected chi connectivity index (χ4v) is 2.37. The highest BCUT2D eigenvalue weighted by Gasteiger charge is 2.56. The van der Waals surface area contributed by atoms with Crippen LogP contribution in [0.1, 0.15) is 30.0 Å². The highest BCUT2D eigenvalue weighted by atomic mass is 16.5. The van der Waals surface area contributed by atoms with Gasteiger partial charge in [0.1, 0.15) is 5.75 Å². The Labute approximate surface area is 107 Å². The first-order valence-corrected chi connectivity index (χ1v) is 6.03. The van der Waals surface area contributed by atoms with Gasteiger partial charge in [0.2, 0.25) is 0 Å². The molecule has 1 aliphatic rings. The Balaban J connectivity index is 2.37. The Morgan fingerprint density at radius 1 is 1.39 bits per heavy atom. The SMILES string of the molecule is COC(=O)C1(C(N)c2cc(C)ccc2OC)CC1. The molecule has 1 unspecified atom stereocenters. The molecule has 0 spiro atoms. The molecule has 18 heavy (non-hydrogen) atoms. The number of carbonyl (C=O) groups excluding carboxylic acids is 1. The summed E-state index contributed by atoms with van der Waals surface area (Å²) in [5.41, 5.74) is 7.69. The second kappa shape index (κ2) is 4.61. The summed E-state index contributed by atoms with van der Waals surface area (Å²) in [6.07, 6.45) is 1.55. The summed E-state index contributed by atoms with van der Waals surface area (Å²) < 4.78 is 10.2. The zero-order valence-electron chi connectivity index (χ0n) is 11.0. The van der Waals surface area contributed by atoms with Gasteiger partial charge >= 0.3 is 5.97 Å². The summed E-state index contributed by atoms with van der Waals surface area (Å²) in [4.78, 5) is 11.9. The summed E-state index contributed by atoms with van der Waals surface area (Å²) in [5, 5.41) is 0. The van der Waals surface area contributed by atoms with Crippen molar-refractivity contribution in [2.24, 2.45) is 11.1 Å². The van der Waals surface area contributed by atoms with Crippen LogP contribution < -0.4 is 10.5 Å². The van der Waals surface area contributed by atoms with Crippen molar-refractivity contribution in [3.63, 3.8) is 0 Å². The molecule has 1 aromatic rings.